The van der Waals surface area contributed by atoms with Crippen molar-refractivity contribution >= 4 is 0 Å². The zero-order valence-corrected chi connectivity index (χ0v) is 8.63. The molecule has 1 aromatic heterocycles. The van der Waals surface area contributed by atoms with Crippen molar-refractivity contribution in [2.75, 3.05) is 0 Å². The van der Waals surface area contributed by atoms with E-state index in [1.165, 1.54) is 18.5 Å². The fraction of sp³-hybridized carbons (Fsp3) is 0.357. The van der Waals surface area contributed by atoms with Crippen molar-refractivity contribution in [2.24, 2.45) is 5.92 Å². The first kappa shape index (κ1) is 7.86. The number of pyridine rings is 1. The van der Waals surface area contributed by atoms with Crippen LogP contribution in [-0.2, 0) is 0 Å². The molecule has 74 valence electrons. The Hall–Kier alpha value is -1.37. The minimum Gasteiger partial charge on any atom is -0.199 e. The lowest BCUT2D eigenvalue weighted by Gasteiger charge is -2.23. The van der Waals surface area contributed by atoms with Gasteiger partial charge in [-0.3, -0.25) is 0 Å². The lowest BCUT2D eigenvalue weighted by Crippen LogP contribution is -2.42. The Morgan fingerprint density at radius 2 is 2.27 bits per heavy atom. The molecule has 1 nitrogen and oxygen atoms in total. The van der Waals surface area contributed by atoms with Gasteiger partial charge in [0.25, 0.3) is 0 Å². The monoisotopic (exact) mass is 196 g/mol. The van der Waals surface area contributed by atoms with E-state index in [1.54, 1.807) is 5.57 Å². The normalized spacial score (nSPS) is 34.9. The molecule has 0 N–H and O–H groups in total. The maximum atomic E-state index is 2.51. The molecule has 0 bridgehead atoms. The van der Waals surface area contributed by atoms with Crippen molar-refractivity contribution in [3.05, 3.63) is 53.9 Å². The van der Waals surface area contributed by atoms with Gasteiger partial charge in [0.05, 0.1) is 5.92 Å². The van der Waals surface area contributed by atoms with Crippen molar-refractivity contribution in [2.45, 2.75) is 24.8 Å². The minimum atomic E-state index is 0.667. The molecule has 15 heavy (non-hydrogen) atoms. The number of hydrogen-bond acceptors (Lipinski definition) is 0. The van der Waals surface area contributed by atoms with Gasteiger partial charge in [0, 0.05) is 24.5 Å². The Bertz CT molecular complexity index is 484. The van der Waals surface area contributed by atoms with E-state index in [2.05, 4.69) is 47.2 Å². The molecule has 3 atom stereocenters. The van der Waals surface area contributed by atoms with E-state index in [4.69, 9.17) is 0 Å². The summed E-state index contributed by atoms with van der Waals surface area (Å²) in [6.07, 6.45) is 11.7. The number of allylic oxidation sites excluding steroid dienone is 4. The summed E-state index contributed by atoms with van der Waals surface area (Å²) in [4.78, 5) is 0. The van der Waals surface area contributed by atoms with Crippen LogP contribution in [0.15, 0.2) is 48.2 Å². The summed E-state index contributed by atoms with van der Waals surface area (Å²) < 4.78 is 2.51. The first-order chi connectivity index (χ1) is 7.45. The van der Waals surface area contributed by atoms with Crippen LogP contribution < -0.4 is 4.57 Å². The predicted octanol–water partition coefficient (Wildman–Crippen LogP) is 2.52. The van der Waals surface area contributed by atoms with Gasteiger partial charge in [-0.2, -0.15) is 4.57 Å². The van der Waals surface area contributed by atoms with Crippen molar-refractivity contribution in [1.82, 2.24) is 0 Å². The molecule has 1 aliphatic heterocycles. The molecule has 1 saturated carbocycles. The molecular weight excluding hydrogens is 182 g/mol. The Morgan fingerprint density at radius 1 is 1.27 bits per heavy atom. The van der Waals surface area contributed by atoms with Gasteiger partial charge in [0.15, 0.2) is 17.9 Å². The summed E-state index contributed by atoms with van der Waals surface area (Å²) in [6.45, 7) is 0. The van der Waals surface area contributed by atoms with Gasteiger partial charge in [0.1, 0.15) is 0 Å². The van der Waals surface area contributed by atoms with Crippen LogP contribution in [0.3, 0.4) is 0 Å². The smallest absolute Gasteiger partial charge is 0.189 e. The second-order valence-corrected chi connectivity index (χ2v) is 4.83. The third-order valence-corrected chi connectivity index (χ3v) is 4.02. The summed E-state index contributed by atoms with van der Waals surface area (Å²) in [5.41, 5.74) is 3.21. The van der Waals surface area contributed by atoms with Gasteiger partial charge in [0.2, 0.25) is 0 Å². The average molecular weight is 196 g/mol. The lowest BCUT2D eigenvalue weighted by atomic mass is 9.83. The highest BCUT2D eigenvalue weighted by Crippen LogP contribution is 2.54. The third kappa shape index (κ3) is 0.956. The quantitative estimate of drug-likeness (QED) is 0.561. The van der Waals surface area contributed by atoms with E-state index in [0.29, 0.717) is 5.92 Å². The van der Waals surface area contributed by atoms with Gasteiger partial charge in [-0.25, -0.2) is 0 Å². The Balaban J connectivity index is 1.94. The number of aromatic nitrogens is 1. The van der Waals surface area contributed by atoms with E-state index in [9.17, 15) is 0 Å². The molecule has 0 amide bonds. The van der Waals surface area contributed by atoms with E-state index in [-0.39, 0.29) is 0 Å². The molecule has 2 aliphatic carbocycles. The van der Waals surface area contributed by atoms with Crippen LogP contribution in [0, 0.1) is 5.92 Å². The molecule has 3 unspecified atom stereocenters. The highest BCUT2D eigenvalue weighted by atomic mass is 15.1. The molecule has 0 aromatic carbocycles. The lowest BCUT2D eigenvalue weighted by molar-refractivity contribution is -0.713. The second kappa shape index (κ2) is 2.60. The summed E-state index contributed by atoms with van der Waals surface area (Å²) in [5.74, 6) is 1.51. The average Bonchev–Trinajstić information content (AvgIpc) is 3.10. The summed E-state index contributed by atoms with van der Waals surface area (Å²) in [6, 6.07) is 7.40. The predicted molar refractivity (Wildman–Crippen MR) is 58.4 cm³/mol. The van der Waals surface area contributed by atoms with Gasteiger partial charge in [-0.1, -0.05) is 24.3 Å². The van der Waals surface area contributed by atoms with Crippen molar-refractivity contribution < 1.29 is 4.57 Å². The maximum absolute atomic E-state index is 2.51. The van der Waals surface area contributed by atoms with Crippen LogP contribution in [0.2, 0.25) is 0 Å². The van der Waals surface area contributed by atoms with Gasteiger partial charge in [-0.05, 0) is 12.0 Å². The van der Waals surface area contributed by atoms with Gasteiger partial charge in [-0.15, -0.1) is 0 Å². The first-order valence-corrected chi connectivity index (χ1v) is 5.82. The fourth-order valence-electron chi connectivity index (χ4n) is 3.23. The molecule has 4 rings (SSSR count). The van der Waals surface area contributed by atoms with Crippen LogP contribution in [0.1, 0.15) is 30.5 Å². The van der Waals surface area contributed by atoms with Gasteiger partial charge < -0.3 is 0 Å². The summed E-state index contributed by atoms with van der Waals surface area (Å²) >= 11 is 0. The number of rotatable bonds is 0. The zero-order valence-electron chi connectivity index (χ0n) is 8.63. The minimum absolute atomic E-state index is 0.667. The van der Waals surface area contributed by atoms with Crippen molar-refractivity contribution in [3.63, 3.8) is 0 Å². The van der Waals surface area contributed by atoms with Crippen LogP contribution in [-0.4, -0.2) is 0 Å². The van der Waals surface area contributed by atoms with Gasteiger partial charge >= 0.3 is 0 Å². The highest BCUT2D eigenvalue weighted by molar-refractivity contribution is 5.36. The molecule has 0 radical (unpaired) electrons. The molecule has 2 heterocycles. The SMILES string of the molecule is C1=CCC2C(=C1)C1CC1[n+]1ccccc12. The maximum Gasteiger partial charge on any atom is 0.189 e. The third-order valence-electron chi connectivity index (χ3n) is 4.02. The topological polar surface area (TPSA) is 3.88 Å². The molecule has 0 spiro atoms. The Labute approximate surface area is 89.7 Å². The largest absolute Gasteiger partial charge is 0.199 e. The Kier molecular flexibility index (Phi) is 1.36. The number of fused-ring (bicyclic) bond motifs is 6. The van der Waals surface area contributed by atoms with Crippen LogP contribution in [0.4, 0.5) is 0 Å². The number of hydrogen-bond donors (Lipinski definition) is 0. The fourth-order valence-corrected chi connectivity index (χ4v) is 3.23. The van der Waals surface area contributed by atoms with E-state index in [0.717, 1.165) is 12.0 Å². The molecule has 1 fully saturated rings. The summed E-state index contributed by atoms with van der Waals surface area (Å²) in [5, 5.41) is 0. The standard InChI is InChI=1S/C14H14N/c1-2-6-11-10(5-1)12-9-14(12)15-8-4-3-7-13(11)15/h1-5,7-8,11-12,14H,6,9H2/q+1. The van der Waals surface area contributed by atoms with Crippen LogP contribution in [0.25, 0.3) is 0 Å². The van der Waals surface area contributed by atoms with Crippen LogP contribution >= 0.6 is 0 Å². The molecular formula is C14H14N+. The zero-order chi connectivity index (χ0) is 9.83. The molecule has 0 saturated heterocycles. The molecule has 1 aromatic rings. The van der Waals surface area contributed by atoms with Crippen molar-refractivity contribution in [3.8, 4) is 0 Å². The van der Waals surface area contributed by atoms with Crippen LogP contribution in [0.5, 0.6) is 0 Å². The number of nitrogens with zero attached hydrogens (tertiary/aromatic N) is 1. The first-order valence-electron chi connectivity index (χ1n) is 5.82. The molecule has 3 aliphatic rings. The molecule has 1 heteroatoms. The van der Waals surface area contributed by atoms with Crippen molar-refractivity contribution in [1.29, 1.82) is 0 Å². The van der Waals surface area contributed by atoms with E-state index in [1.807, 2.05) is 0 Å². The van der Waals surface area contributed by atoms with E-state index < -0.39 is 0 Å². The Morgan fingerprint density at radius 3 is 3.27 bits per heavy atom. The highest BCUT2D eigenvalue weighted by Gasteiger charge is 2.55. The van der Waals surface area contributed by atoms with E-state index >= 15 is 0 Å². The summed E-state index contributed by atoms with van der Waals surface area (Å²) in [7, 11) is 0. The second-order valence-electron chi connectivity index (χ2n) is 4.83.